The minimum atomic E-state index is -3.17. The van der Waals surface area contributed by atoms with Crippen LogP contribution in [-0.2, 0) is 16.6 Å². The van der Waals surface area contributed by atoms with Crippen LogP contribution in [0.1, 0.15) is 24.0 Å². The average molecular weight is 268 g/mol. The minimum Gasteiger partial charge on any atom is -0.313 e. The van der Waals surface area contributed by atoms with Crippen molar-refractivity contribution < 1.29 is 8.42 Å². The molecular formula is C13H20N2O2S. The van der Waals surface area contributed by atoms with E-state index >= 15 is 0 Å². The molecule has 0 amide bonds. The summed E-state index contributed by atoms with van der Waals surface area (Å²) >= 11 is 0. The van der Waals surface area contributed by atoms with Gasteiger partial charge in [-0.1, -0.05) is 29.8 Å². The van der Waals surface area contributed by atoms with Gasteiger partial charge in [0.05, 0.1) is 5.75 Å². The molecule has 1 aliphatic carbocycles. The molecule has 0 aromatic heterocycles. The minimum absolute atomic E-state index is 0.148. The Morgan fingerprint density at radius 1 is 1.22 bits per heavy atom. The molecule has 0 unspecified atom stereocenters. The fourth-order valence-electron chi connectivity index (χ4n) is 1.66. The highest BCUT2D eigenvalue weighted by Gasteiger charge is 2.21. The van der Waals surface area contributed by atoms with Crippen molar-refractivity contribution in [3.63, 3.8) is 0 Å². The van der Waals surface area contributed by atoms with Gasteiger partial charge in [0.1, 0.15) is 0 Å². The zero-order valence-electron chi connectivity index (χ0n) is 10.6. The Balaban J connectivity index is 1.74. The molecule has 1 aromatic carbocycles. The summed E-state index contributed by atoms with van der Waals surface area (Å²) < 4.78 is 26.1. The number of nitrogens with one attached hydrogen (secondary N) is 2. The van der Waals surface area contributed by atoms with Crippen molar-refractivity contribution in [3.05, 3.63) is 35.4 Å². The molecule has 18 heavy (non-hydrogen) atoms. The molecule has 2 rings (SSSR count). The van der Waals surface area contributed by atoms with Gasteiger partial charge in [-0.3, -0.25) is 0 Å². The van der Waals surface area contributed by atoms with Gasteiger partial charge in [0, 0.05) is 19.1 Å². The van der Waals surface area contributed by atoms with E-state index in [1.54, 1.807) is 0 Å². The fraction of sp³-hybridized carbons (Fsp3) is 0.538. The van der Waals surface area contributed by atoms with Crippen LogP contribution in [0.3, 0.4) is 0 Å². The van der Waals surface area contributed by atoms with Crippen LogP contribution in [0.2, 0.25) is 0 Å². The number of benzene rings is 1. The summed E-state index contributed by atoms with van der Waals surface area (Å²) in [5.41, 5.74) is 2.16. The first-order valence-corrected chi connectivity index (χ1v) is 7.97. The highest BCUT2D eigenvalue weighted by atomic mass is 32.2. The molecule has 0 aliphatic heterocycles. The van der Waals surface area contributed by atoms with Crippen LogP contribution >= 0.6 is 0 Å². The van der Waals surface area contributed by atoms with E-state index in [1.807, 2.05) is 31.2 Å². The Morgan fingerprint density at radius 2 is 1.89 bits per heavy atom. The summed E-state index contributed by atoms with van der Waals surface area (Å²) in [7, 11) is -3.17. The summed E-state index contributed by atoms with van der Waals surface area (Å²) in [6.07, 6.45) is 2.35. The molecule has 1 fully saturated rings. The van der Waals surface area contributed by atoms with Gasteiger partial charge < -0.3 is 5.32 Å². The van der Waals surface area contributed by atoms with E-state index in [9.17, 15) is 8.42 Å². The zero-order chi connectivity index (χ0) is 13.0. The van der Waals surface area contributed by atoms with Gasteiger partial charge in [0.2, 0.25) is 10.0 Å². The standard InChI is InChI=1S/C13H20N2O2S/c1-11-2-4-12(5-3-11)10-15-18(16,17)9-8-14-13-6-7-13/h2-5,13-15H,6-10H2,1H3. The van der Waals surface area contributed by atoms with Crippen molar-refractivity contribution in [1.29, 1.82) is 0 Å². The number of aryl methyl sites for hydroxylation is 1. The van der Waals surface area contributed by atoms with Gasteiger partial charge in [0.15, 0.2) is 0 Å². The van der Waals surface area contributed by atoms with Crippen LogP contribution in [0.4, 0.5) is 0 Å². The Labute approximate surface area is 109 Å². The van der Waals surface area contributed by atoms with Crippen molar-refractivity contribution in [2.24, 2.45) is 0 Å². The Hall–Kier alpha value is -0.910. The van der Waals surface area contributed by atoms with Gasteiger partial charge in [-0.05, 0) is 25.3 Å². The summed E-state index contributed by atoms with van der Waals surface area (Å²) in [6.45, 7) is 2.91. The van der Waals surface area contributed by atoms with E-state index < -0.39 is 10.0 Å². The molecule has 0 spiro atoms. The number of hydrogen-bond donors (Lipinski definition) is 2. The third kappa shape index (κ3) is 4.76. The van der Waals surface area contributed by atoms with Crippen LogP contribution in [0, 0.1) is 6.92 Å². The van der Waals surface area contributed by atoms with E-state index in [0.717, 1.165) is 5.56 Å². The maximum atomic E-state index is 11.7. The first-order valence-electron chi connectivity index (χ1n) is 6.31. The first-order chi connectivity index (χ1) is 8.55. The number of sulfonamides is 1. The lowest BCUT2D eigenvalue weighted by Gasteiger charge is -2.07. The molecule has 5 heteroatoms. The van der Waals surface area contributed by atoms with Gasteiger partial charge in [-0.2, -0.15) is 0 Å². The van der Waals surface area contributed by atoms with E-state index in [-0.39, 0.29) is 5.75 Å². The molecule has 0 saturated heterocycles. The topological polar surface area (TPSA) is 58.2 Å². The predicted octanol–water partition coefficient (Wildman–Crippen LogP) is 1.17. The lowest BCUT2D eigenvalue weighted by molar-refractivity contribution is 0.576. The highest BCUT2D eigenvalue weighted by molar-refractivity contribution is 7.89. The van der Waals surface area contributed by atoms with Gasteiger partial charge in [-0.25, -0.2) is 13.1 Å². The van der Waals surface area contributed by atoms with Gasteiger partial charge in [0.25, 0.3) is 0 Å². The smallest absolute Gasteiger partial charge is 0.213 e. The monoisotopic (exact) mass is 268 g/mol. The van der Waals surface area contributed by atoms with Gasteiger partial charge >= 0.3 is 0 Å². The van der Waals surface area contributed by atoms with Crippen molar-refractivity contribution >= 4 is 10.0 Å². The summed E-state index contributed by atoms with van der Waals surface area (Å²) in [6, 6.07) is 8.41. The first kappa shape index (κ1) is 13.5. The summed E-state index contributed by atoms with van der Waals surface area (Å²) in [5, 5.41) is 3.20. The summed E-state index contributed by atoms with van der Waals surface area (Å²) in [4.78, 5) is 0. The third-order valence-electron chi connectivity index (χ3n) is 3.00. The molecule has 4 nitrogen and oxygen atoms in total. The quantitative estimate of drug-likeness (QED) is 0.780. The van der Waals surface area contributed by atoms with Crippen molar-refractivity contribution in [1.82, 2.24) is 10.0 Å². The van der Waals surface area contributed by atoms with Crippen molar-refractivity contribution in [2.75, 3.05) is 12.3 Å². The van der Waals surface area contributed by atoms with Crippen LogP contribution in [0.15, 0.2) is 24.3 Å². The molecule has 0 radical (unpaired) electrons. The lowest BCUT2D eigenvalue weighted by Crippen LogP contribution is -2.32. The molecular weight excluding hydrogens is 248 g/mol. The van der Waals surface area contributed by atoms with Crippen molar-refractivity contribution in [3.8, 4) is 0 Å². The molecule has 0 atom stereocenters. The normalized spacial score (nSPS) is 15.8. The molecule has 2 N–H and O–H groups in total. The Bertz CT molecular complexity index is 478. The number of hydrogen-bond acceptors (Lipinski definition) is 3. The lowest BCUT2D eigenvalue weighted by atomic mass is 10.2. The molecule has 1 aliphatic rings. The maximum Gasteiger partial charge on any atom is 0.213 e. The SMILES string of the molecule is Cc1ccc(CNS(=O)(=O)CCNC2CC2)cc1. The number of rotatable bonds is 7. The Morgan fingerprint density at radius 3 is 2.50 bits per heavy atom. The largest absolute Gasteiger partial charge is 0.313 e. The van der Waals surface area contributed by atoms with Crippen LogP contribution in [0.5, 0.6) is 0 Å². The van der Waals surface area contributed by atoms with Crippen molar-refractivity contribution in [2.45, 2.75) is 32.4 Å². The van der Waals surface area contributed by atoms with E-state index in [4.69, 9.17) is 0 Å². The van der Waals surface area contributed by atoms with E-state index in [2.05, 4.69) is 10.0 Å². The van der Waals surface area contributed by atoms with Gasteiger partial charge in [-0.15, -0.1) is 0 Å². The molecule has 1 saturated carbocycles. The van der Waals surface area contributed by atoms with Crippen LogP contribution in [-0.4, -0.2) is 26.8 Å². The molecule has 0 bridgehead atoms. The van der Waals surface area contributed by atoms with E-state index in [0.29, 0.717) is 19.1 Å². The van der Waals surface area contributed by atoms with Crippen LogP contribution < -0.4 is 10.0 Å². The van der Waals surface area contributed by atoms with Crippen LogP contribution in [0.25, 0.3) is 0 Å². The van der Waals surface area contributed by atoms with E-state index in [1.165, 1.54) is 18.4 Å². The summed E-state index contributed by atoms with van der Waals surface area (Å²) in [5.74, 6) is 0.148. The maximum absolute atomic E-state index is 11.7. The second kappa shape index (κ2) is 5.82. The average Bonchev–Trinajstić information content (AvgIpc) is 3.12. The third-order valence-corrected chi connectivity index (χ3v) is 4.32. The molecule has 1 aromatic rings. The highest BCUT2D eigenvalue weighted by Crippen LogP contribution is 2.18. The second-order valence-corrected chi connectivity index (χ2v) is 6.78. The molecule has 100 valence electrons. The second-order valence-electron chi connectivity index (χ2n) is 4.85. The zero-order valence-corrected chi connectivity index (χ0v) is 11.5. The Kier molecular flexibility index (Phi) is 4.37. The molecule has 0 heterocycles. The predicted molar refractivity (Wildman–Crippen MR) is 72.8 cm³/mol. The fourth-order valence-corrected chi connectivity index (χ4v) is 2.57.